The van der Waals surface area contributed by atoms with Gasteiger partial charge in [-0.2, -0.15) is 0 Å². The van der Waals surface area contributed by atoms with Crippen LogP contribution in [0.15, 0.2) is 12.2 Å². The summed E-state index contributed by atoms with van der Waals surface area (Å²) in [5, 5.41) is 0. The molecule has 0 saturated carbocycles. The second-order valence-corrected chi connectivity index (χ2v) is 4.03. The summed E-state index contributed by atoms with van der Waals surface area (Å²) < 4.78 is 0. The topological polar surface area (TPSA) is 0 Å². The second kappa shape index (κ2) is 13.3. The second-order valence-electron chi connectivity index (χ2n) is 4.03. The van der Waals surface area contributed by atoms with Gasteiger partial charge in [-0.25, -0.2) is 0 Å². The fourth-order valence-electron chi connectivity index (χ4n) is 1.44. The maximum atomic E-state index is 3.12. The summed E-state index contributed by atoms with van der Waals surface area (Å²) in [4.78, 5) is 0. The molecule has 0 aliphatic heterocycles. The molecular formula is C15H26. The lowest BCUT2D eigenvalue weighted by Gasteiger charge is -1.96. The molecule has 15 heavy (non-hydrogen) atoms. The van der Waals surface area contributed by atoms with Gasteiger partial charge in [-0.05, 0) is 25.3 Å². The number of rotatable bonds is 8. The van der Waals surface area contributed by atoms with Crippen LogP contribution in [-0.2, 0) is 0 Å². The fraction of sp³-hybridized carbons (Fsp3) is 0.733. The largest absolute Gasteiger partial charge is 0.0985 e. The van der Waals surface area contributed by atoms with Crippen LogP contribution < -0.4 is 0 Å². The van der Waals surface area contributed by atoms with Crippen molar-refractivity contribution in [3.8, 4) is 11.8 Å². The van der Waals surface area contributed by atoms with Gasteiger partial charge in [0.25, 0.3) is 0 Å². The Hall–Kier alpha value is -0.700. The molecule has 0 heteroatoms. The first kappa shape index (κ1) is 14.3. The van der Waals surface area contributed by atoms with E-state index < -0.39 is 0 Å². The molecule has 0 unspecified atom stereocenters. The first-order valence-corrected chi connectivity index (χ1v) is 6.55. The Morgan fingerprint density at radius 1 is 0.867 bits per heavy atom. The van der Waals surface area contributed by atoms with Crippen molar-refractivity contribution in [2.24, 2.45) is 0 Å². The average Bonchev–Trinajstić information content (AvgIpc) is 2.26. The van der Waals surface area contributed by atoms with E-state index in [1.54, 1.807) is 0 Å². The van der Waals surface area contributed by atoms with E-state index in [4.69, 9.17) is 0 Å². The minimum Gasteiger partial charge on any atom is -0.0985 e. The summed E-state index contributed by atoms with van der Waals surface area (Å²) in [7, 11) is 0. The summed E-state index contributed by atoms with van der Waals surface area (Å²) in [6, 6.07) is 0. The number of allylic oxidation sites excluding steroid dienone is 2. The van der Waals surface area contributed by atoms with Crippen molar-refractivity contribution < 1.29 is 0 Å². The Bertz CT molecular complexity index is 190. The Kier molecular flexibility index (Phi) is 12.7. The standard InChI is InChI=1S/C15H26/c1-3-5-7-9-11-13-15-14-12-10-8-6-4-2/h12,14H,3-7,9,11,13,15H2,1-2H3. The molecule has 0 radical (unpaired) electrons. The minimum absolute atomic E-state index is 1.03. The minimum atomic E-state index is 1.03. The van der Waals surface area contributed by atoms with Gasteiger partial charge in [0.2, 0.25) is 0 Å². The maximum Gasteiger partial charge on any atom is 0.00896 e. The smallest absolute Gasteiger partial charge is 0.00896 e. The maximum absolute atomic E-state index is 3.12. The number of unbranched alkanes of at least 4 members (excludes halogenated alkanes) is 7. The van der Waals surface area contributed by atoms with E-state index in [2.05, 4.69) is 31.8 Å². The van der Waals surface area contributed by atoms with E-state index in [0.717, 1.165) is 12.8 Å². The van der Waals surface area contributed by atoms with Crippen LogP contribution in [0.3, 0.4) is 0 Å². The van der Waals surface area contributed by atoms with E-state index in [0.29, 0.717) is 0 Å². The van der Waals surface area contributed by atoms with Crippen molar-refractivity contribution in [1.82, 2.24) is 0 Å². The predicted molar refractivity (Wildman–Crippen MR) is 69.8 cm³/mol. The SMILES string of the molecule is CCCC#CC=CCCCCCCCC. The zero-order valence-electron chi connectivity index (χ0n) is 10.5. The molecule has 0 bridgehead atoms. The Balaban J connectivity index is 3.13. The van der Waals surface area contributed by atoms with Crippen LogP contribution in [0.5, 0.6) is 0 Å². The van der Waals surface area contributed by atoms with E-state index >= 15 is 0 Å². The van der Waals surface area contributed by atoms with Crippen LogP contribution in [0.2, 0.25) is 0 Å². The van der Waals surface area contributed by atoms with Crippen LogP contribution in [0.25, 0.3) is 0 Å². The Morgan fingerprint density at radius 2 is 1.60 bits per heavy atom. The van der Waals surface area contributed by atoms with Gasteiger partial charge in [0, 0.05) is 6.42 Å². The van der Waals surface area contributed by atoms with Crippen molar-refractivity contribution in [2.45, 2.75) is 71.6 Å². The van der Waals surface area contributed by atoms with Crippen LogP contribution in [0, 0.1) is 11.8 Å². The van der Waals surface area contributed by atoms with E-state index in [1.165, 1.54) is 44.9 Å². The zero-order valence-corrected chi connectivity index (χ0v) is 10.5. The van der Waals surface area contributed by atoms with Crippen LogP contribution in [0.4, 0.5) is 0 Å². The molecule has 0 aromatic carbocycles. The molecule has 0 aromatic rings. The monoisotopic (exact) mass is 206 g/mol. The van der Waals surface area contributed by atoms with Gasteiger partial charge in [0.1, 0.15) is 0 Å². The quantitative estimate of drug-likeness (QED) is 0.383. The van der Waals surface area contributed by atoms with Crippen molar-refractivity contribution in [1.29, 1.82) is 0 Å². The normalized spacial score (nSPS) is 10.3. The van der Waals surface area contributed by atoms with Crippen molar-refractivity contribution in [2.75, 3.05) is 0 Å². The average molecular weight is 206 g/mol. The van der Waals surface area contributed by atoms with Crippen molar-refractivity contribution in [3.63, 3.8) is 0 Å². The highest BCUT2D eigenvalue weighted by molar-refractivity contribution is 5.14. The van der Waals surface area contributed by atoms with Crippen LogP contribution >= 0.6 is 0 Å². The van der Waals surface area contributed by atoms with E-state index in [9.17, 15) is 0 Å². The summed E-state index contributed by atoms with van der Waals surface area (Å²) in [6.45, 7) is 4.42. The molecule has 86 valence electrons. The summed E-state index contributed by atoms with van der Waals surface area (Å²) in [5.74, 6) is 6.18. The third kappa shape index (κ3) is 13.3. The lowest BCUT2D eigenvalue weighted by molar-refractivity contribution is 0.611. The summed E-state index contributed by atoms with van der Waals surface area (Å²) in [5.41, 5.74) is 0. The molecule has 0 fully saturated rings. The molecule has 0 aromatic heterocycles. The molecule has 0 saturated heterocycles. The highest BCUT2D eigenvalue weighted by Gasteiger charge is 1.87. The number of hydrogen-bond acceptors (Lipinski definition) is 0. The molecule has 0 aliphatic carbocycles. The molecule has 0 aliphatic rings. The predicted octanol–water partition coefficient (Wildman–Crippen LogP) is 5.10. The highest BCUT2D eigenvalue weighted by Crippen LogP contribution is 2.06. The van der Waals surface area contributed by atoms with Gasteiger partial charge in [0.05, 0.1) is 0 Å². The Morgan fingerprint density at radius 3 is 2.33 bits per heavy atom. The lowest BCUT2D eigenvalue weighted by atomic mass is 10.1. The van der Waals surface area contributed by atoms with Crippen LogP contribution in [-0.4, -0.2) is 0 Å². The fourth-order valence-corrected chi connectivity index (χ4v) is 1.44. The number of hydrogen-bond donors (Lipinski definition) is 0. The third-order valence-electron chi connectivity index (χ3n) is 2.40. The van der Waals surface area contributed by atoms with Gasteiger partial charge in [-0.15, -0.1) is 0 Å². The molecule has 0 amide bonds. The molecule has 0 spiro atoms. The summed E-state index contributed by atoms with van der Waals surface area (Å²) >= 11 is 0. The first-order valence-electron chi connectivity index (χ1n) is 6.55. The van der Waals surface area contributed by atoms with Crippen LogP contribution in [0.1, 0.15) is 71.6 Å². The van der Waals surface area contributed by atoms with Gasteiger partial charge >= 0.3 is 0 Å². The molecule has 0 nitrogen and oxygen atoms in total. The molecule has 0 rings (SSSR count). The Labute approximate surface area is 96.2 Å². The van der Waals surface area contributed by atoms with Gasteiger partial charge < -0.3 is 0 Å². The lowest BCUT2D eigenvalue weighted by Crippen LogP contribution is -1.77. The highest BCUT2D eigenvalue weighted by atomic mass is 13.9. The molecular weight excluding hydrogens is 180 g/mol. The zero-order chi connectivity index (χ0) is 11.2. The van der Waals surface area contributed by atoms with E-state index in [-0.39, 0.29) is 0 Å². The third-order valence-corrected chi connectivity index (χ3v) is 2.40. The van der Waals surface area contributed by atoms with Crippen molar-refractivity contribution >= 4 is 0 Å². The summed E-state index contributed by atoms with van der Waals surface area (Å²) in [6.07, 6.45) is 15.9. The molecule has 0 atom stereocenters. The van der Waals surface area contributed by atoms with E-state index in [1.807, 2.05) is 6.08 Å². The van der Waals surface area contributed by atoms with Crippen molar-refractivity contribution in [3.05, 3.63) is 12.2 Å². The first-order chi connectivity index (χ1) is 7.41. The van der Waals surface area contributed by atoms with Gasteiger partial charge in [-0.1, -0.05) is 63.9 Å². The molecule has 0 heterocycles. The van der Waals surface area contributed by atoms with Gasteiger partial charge in [0.15, 0.2) is 0 Å². The van der Waals surface area contributed by atoms with Gasteiger partial charge in [-0.3, -0.25) is 0 Å². The molecule has 0 N–H and O–H groups in total.